The highest BCUT2D eigenvalue weighted by atomic mass is 16.5. The summed E-state index contributed by atoms with van der Waals surface area (Å²) in [5.41, 5.74) is 8.36. The van der Waals surface area contributed by atoms with Crippen LogP contribution in [-0.2, 0) is 16.0 Å². The van der Waals surface area contributed by atoms with Crippen LogP contribution in [0.1, 0.15) is 40.4 Å². The van der Waals surface area contributed by atoms with Crippen molar-refractivity contribution in [3.8, 4) is 5.75 Å². The van der Waals surface area contributed by atoms with Crippen LogP contribution in [0.5, 0.6) is 5.75 Å². The zero-order valence-electron chi connectivity index (χ0n) is 21.6. The zero-order valence-corrected chi connectivity index (χ0v) is 21.6. The van der Waals surface area contributed by atoms with Gasteiger partial charge in [-0.2, -0.15) is 0 Å². The van der Waals surface area contributed by atoms with Crippen LogP contribution in [0.25, 0.3) is 0 Å². The van der Waals surface area contributed by atoms with Gasteiger partial charge in [-0.1, -0.05) is 42.5 Å². The van der Waals surface area contributed by atoms with E-state index in [1.807, 2.05) is 54.6 Å². The molecular weight excluding hydrogens is 480 g/mol. The molecule has 8 nitrogen and oxygen atoms in total. The van der Waals surface area contributed by atoms with E-state index in [-0.39, 0.29) is 23.6 Å². The SMILES string of the molecule is COc1ccc(C(=O)NC(C(=O)Nc2ccc(CCN3CCC(C(N)=O)CC3)cc2)c2ccccc2)cc1. The Morgan fingerprint density at radius 3 is 2.21 bits per heavy atom. The Bertz CT molecular complexity index is 1220. The average Bonchev–Trinajstić information content (AvgIpc) is 2.96. The van der Waals surface area contributed by atoms with Crippen molar-refractivity contribution in [3.63, 3.8) is 0 Å². The lowest BCUT2D eigenvalue weighted by atomic mass is 9.96. The average molecular weight is 515 g/mol. The van der Waals surface area contributed by atoms with Gasteiger partial charge in [0.2, 0.25) is 5.91 Å². The number of benzene rings is 3. The second-order valence-corrected chi connectivity index (χ2v) is 9.50. The fourth-order valence-corrected chi connectivity index (χ4v) is 4.60. The molecule has 3 amide bonds. The molecule has 0 bridgehead atoms. The van der Waals surface area contributed by atoms with E-state index in [0.29, 0.717) is 22.6 Å². The van der Waals surface area contributed by atoms with E-state index < -0.39 is 6.04 Å². The number of carbonyl (C=O) groups is 3. The molecule has 198 valence electrons. The Hall–Kier alpha value is -4.17. The lowest BCUT2D eigenvalue weighted by Crippen LogP contribution is -2.39. The number of rotatable bonds is 10. The summed E-state index contributed by atoms with van der Waals surface area (Å²) in [6.07, 6.45) is 2.51. The molecule has 1 saturated heterocycles. The van der Waals surface area contributed by atoms with Crippen molar-refractivity contribution in [3.05, 3.63) is 95.6 Å². The third kappa shape index (κ3) is 7.20. The summed E-state index contributed by atoms with van der Waals surface area (Å²) in [5.74, 6) is -0.239. The van der Waals surface area contributed by atoms with Crippen LogP contribution in [0.4, 0.5) is 5.69 Å². The number of carbonyl (C=O) groups excluding carboxylic acids is 3. The summed E-state index contributed by atoms with van der Waals surface area (Å²) in [7, 11) is 1.56. The quantitative estimate of drug-likeness (QED) is 0.383. The van der Waals surface area contributed by atoms with Crippen LogP contribution in [0, 0.1) is 5.92 Å². The van der Waals surface area contributed by atoms with E-state index in [1.165, 1.54) is 0 Å². The molecule has 1 fully saturated rings. The Morgan fingerprint density at radius 1 is 0.947 bits per heavy atom. The van der Waals surface area contributed by atoms with Crippen LogP contribution in [-0.4, -0.2) is 49.4 Å². The van der Waals surface area contributed by atoms with Crippen molar-refractivity contribution in [1.82, 2.24) is 10.2 Å². The smallest absolute Gasteiger partial charge is 0.252 e. The van der Waals surface area contributed by atoms with Crippen LogP contribution in [0.15, 0.2) is 78.9 Å². The maximum absolute atomic E-state index is 13.3. The van der Waals surface area contributed by atoms with Gasteiger partial charge in [-0.15, -0.1) is 0 Å². The number of piperidine rings is 1. The number of hydrogen-bond acceptors (Lipinski definition) is 5. The van der Waals surface area contributed by atoms with Crippen molar-refractivity contribution >= 4 is 23.4 Å². The molecule has 3 aromatic rings. The van der Waals surface area contributed by atoms with Crippen molar-refractivity contribution < 1.29 is 19.1 Å². The molecule has 1 unspecified atom stereocenters. The molecule has 0 aliphatic carbocycles. The number of amides is 3. The van der Waals surface area contributed by atoms with Gasteiger partial charge in [-0.3, -0.25) is 14.4 Å². The molecular formula is C30H34N4O4. The monoisotopic (exact) mass is 514 g/mol. The maximum Gasteiger partial charge on any atom is 0.252 e. The minimum absolute atomic E-state index is 0.00477. The first-order valence-corrected chi connectivity index (χ1v) is 12.8. The number of nitrogens with one attached hydrogen (secondary N) is 2. The third-order valence-corrected chi connectivity index (χ3v) is 6.95. The number of ether oxygens (including phenoxy) is 1. The Morgan fingerprint density at radius 2 is 1.61 bits per heavy atom. The predicted molar refractivity (Wildman–Crippen MR) is 147 cm³/mol. The molecule has 0 radical (unpaired) electrons. The number of methoxy groups -OCH3 is 1. The lowest BCUT2D eigenvalue weighted by molar-refractivity contribution is -0.123. The van der Waals surface area contributed by atoms with E-state index in [4.69, 9.17) is 10.5 Å². The highest BCUT2D eigenvalue weighted by Gasteiger charge is 2.24. The minimum atomic E-state index is -0.867. The van der Waals surface area contributed by atoms with Crippen LogP contribution >= 0.6 is 0 Å². The second-order valence-electron chi connectivity index (χ2n) is 9.50. The molecule has 4 N–H and O–H groups in total. The van der Waals surface area contributed by atoms with Gasteiger partial charge in [0.25, 0.3) is 11.8 Å². The Kier molecular flexibility index (Phi) is 9.11. The lowest BCUT2D eigenvalue weighted by Gasteiger charge is -2.30. The summed E-state index contributed by atoms with van der Waals surface area (Å²) in [6, 6.07) is 22.8. The summed E-state index contributed by atoms with van der Waals surface area (Å²) in [6.45, 7) is 2.67. The normalized spacial score (nSPS) is 14.9. The van der Waals surface area contributed by atoms with Gasteiger partial charge in [0.1, 0.15) is 11.8 Å². The molecule has 1 heterocycles. The van der Waals surface area contributed by atoms with Gasteiger partial charge in [0, 0.05) is 23.7 Å². The fraction of sp³-hybridized carbons (Fsp3) is 0.300. The Balaban J connectivity index is 1.36. The number of hydrogen-bond donors (Lipinski definition) is 3. The number of primary amides is 1. The summed E-state index contributed by atoms with van der Waals surface area (Å²) in [5, 5.41) is 5.79. The molecule has 8 heteroatoms. The molecule has 4 rings (SSSR count). The predicted octanol–water partition coefficient (Wildman–Crippen LogP) is 3.54. The zero-order chi connectivity index (χ0) is 26.9. The van der Waals surface area contributed by atoms with E-state index in [0.717, 1.165) is 44.5 Å². The number of nitrogens with two attached hydrogens (primary N) is 1. The molecule has 1 aliphatic rings. The molecule has 0 saturated carbocycles. The van der Waals surface area contributed by atoms with Gasteiger partial charge in [-0.05, 0) is 79.9 Å². The number of likely N-dealkylation sites (tertiary alicyclic amines) is 1. The van der Waals surface area contributed by atoms with Gasteiger partial charge in [0.15, 0.2) is 0 Å². The first-order valence-electron chi connectivity index (χ1n) is 12.8. The van der Waals surface area contributed by atoms with Crippen molar-refractivity contribution in [2.45, 2.75) is 25.3 Å². The topological polar surface area (TPSA) is 114 Å². The summed E-state index contributed by atoms with van der Waals surface area (Å²) >= 11 is 0. The van der Waals surface area contributed by atoms with E-state index in [1.54, 1.807) is 31.4 Å². The second kappa shape index (κ2) is 12.9. The molecule has 38 heavy (non-hydrogen) atoms. The highest BCUT2D eigenvalue weighted by Crippen LogP contribution is 2.20. The number of anilines is 1. The standard InChI is InChI=1S/C30H34N4O4/c1-38-26-13-9-24(10-14-26)29(36)33-27(22-5-3-2-4-6-22)30(37)32-25-11-7-21(8-12-25)15-18-34-19-16-23(17-20-34)28(31)35/h2-14,23,27H,15-20H2,1H3,(H2,31,35)(H,32,37)(H,33,36). The molecule has 3 aromatic carbocycles. The fourth-order valence-electron chi connectivity index (χ4n) is 4.60. The van der Waals surface area contributed by atoms with Crippen LogP contribution in [0.2, 0.25) is 0 Å². The van der Waals surface area contributed by atoms with Crippen molar-refractivity contribution in [2.24, 2.45) is 11.7 Å². The van der Waals surface area contributed by atoms with Crippen LogP contribution in [0.3, 0.4) is 0 Å². The third-order valence-electron chi connectivity index (χ3n) is 6.95. The van der Waals surface area contributed by atoms with E-state index in [9.17, 15) is 14.4 Å². The molecule has 1 aliphatic heterocycles. The van der Waals surface area contributed by atoms with E-state index >= 15 is 0 Å². The van der Waals surface area contributed by atoms with Gasteiger partial charge in [0.05, 0.1) is 7.11 Å². The summed E-state index contributed by atoms with van der Waals surface area (Å²) in [4.78, 5) is 39.9. The maximum atomic E-state index is 13.3. The molecule has 1 atom stereocenters. The Labute approximate surface area is 223 Å². The molecule has 0 aromatic heterocycles. The highest BCUT2D eigenvalue weighted by molar-refractivity contribution is 6.01. The van der Waals surface area contributed by atoms with Crippen molar-refractivity contribution in [1.29, 1.82) is 0 Å². The first-order chi connectivity index (χ1) is 18.4. The van der Waals surface area contributed by atoms with Crippen LogP contribution < -0.4 is 21.1 Å². The van der Waals surface area contributed by atoms with Gasteiger partial charge in [-0.25, -0.2) is 0 Å². The van der Waals surface area contributed by atoms with Gasteiger partial charge < -0.3 is 26.0 Å². The minimum Gasteiger partial charge on any atom is -0.497 e. The van der Waals surface area contributed by atoms with E-state index in [2.05, 4.69) is 15.5 Å². The van der Waals surface area contributed by atoms with Gasteiger partial charge >= 0.3 is 0 Å². The van der Waals surface area contributed by atoms with Crippen molar-refractivity contribution in [2.75, 3.05) is 32.1 Å². The number of nitrogens with zero attached hydrogens (tertiary/aromatic N) is 1. The first kappa shape index (κ1) is 26.9. The molecule has 0 spiro atoms. The largest absolute Gasteiger partial charge is 0.497 e. The summed E-state index contributed by atoms with van der Waals surface area (Å²) < 4.78 is 5.16.